The standard InChI is InChI=1S/C4H6O2.C3H5O.K.H2O8S2/c1-3(2)4(5)6;1-3-2-4-3;;1-9(2,3)7-8-10(4,5)6/h1H2,2H3,(H,5,6);3H,1-2H2;;(H,1,2,3)(H,4,5,6)/q;-1;+1;. The van der Waals surface area contributed by atoms with E-state index in [1.807, 2.05) is 0 Å². The van der Waals surface area contributed by atoms with E-state index in [4.69, 9.17) is 14.2 Å². The largest absolute Gasteiger partial charge is 1.00 e. The molecule has 1 heterocycles. The maximum Gasteiger partial charge on any atom is 1.00 e. The normalized spacial score (nSPS) is 16.1. The molecule has 0 spiro atoms. The first-order valence-electron chi connectivity index (χ1n) is 4.40. The molecule has 1 aliphatic heterocycles. The second-order valence-corrected chi connectivity index (χ2v) is 5.02. The predicted octanol–water partition coefficient (Wildman–Crippen LogP) is -3.59. The minimum Gasteiger partial charge on any atom is -0.478 e. The Morgan fingerprint density at radius 2 is 1.43 bits per heavy atom. The summed E-state index contributed by atoms with van der Waals surface area (Å²) in [7, 11) is -10.0. The molecule has 1 atom stereocenters. The van der Waals surface area contributed by atoms with E-state index in [0.717, 1.165) is 6.61 Å². The van der Waals surface area contributed by atoms with Gasteiger partial charge < -0.3 is 16.8 Å². The maximum atomic E-state index is 9.60. The average Bonchev–Trinajstić information content (AvgIpc) is 2.97. The van der Waals surface area contributed by atoms with Gasteiger partial charge in [-0.15, -0.1) is 0 Å². The van der Waals surface area contributed by atoms with E-state index in [0.29, 0.717) is 6.10 Å². The Balaban J connectivity index is -0.000000250. The fourth-order valence-corrected chi connectivity index (χ4v) is 0.700. The zero-order valence-electron chi connectivity index (χ0n) is 11.1. The summed E-state index contributed by atoms with van der Waals surface area (Å²) in [6.07, 6.45) is 0.333. The molecule has 1 fully saturated rings. The summed E-state index contributed by atoms with van der Waals surface area (Å²) in [5.41, 5.74) is 0.176. The monoisotopic (exact) mass is 376 g/mol. The molecule has 0 saturated carbocycles. The van der Waals surface area contributed by atoms with Crippen molar-refractivity contribution < 1.29 is 101 Å². The Morgan fingerprint density at radius 3 is 1.48 bits per heavy atom. The van der Waals surface area contributed by atoms with Crippen molar-refractivity contribution in [2.24, 2.45) is 0 Å². The van der Waals surface area contributed by atoms with Crippen molar-refractivity contribution in [1.82, 2.24) is 0 Å². The van der Waals surface area contributed by atoms with Gasteiger partial charge in [0.1, 0.15) is 0 Å². The van der Waals surface area contributed by atoms with Crippen LogP contribution in [-0.2, 0) is 39.0 Å². The first kappa shape index (κ1) is 26.4. The van der Waals surface area contributed by atoms with Crippen LogP contribution in [0, 0.1) is 6.92 Å². The molecule has 1 unspecified atom stereocenters. The van der Waals surface area contributed by atoms with Gasteiger partial charge in [-0.2, -0.15) is 16.8 Å². The summed E-state index contributed by atoms with van der Waals surface area (Å²) in [6, 6.07) is 0. The number of epoxide rings is 1. The Hall–Kier alpha value is 0.546. The van der Waals surface area contributed by atoms with Crippen molar-refractivity contribution in [1.29, 1.82) is 0 Å². The number of carbonyl (C=O) groups is 1. The quantitative estimate of drug-likeness (QED) is 0.0840. The van der Waals surface area contributed by atoms with Crippen LogP contribution in [0.25, 0.3) is 0 Å². The third kappa shape index (κ3) is 33.4. The Bertz CT molecular complexity index is 475. The van der Waals surface area contributed by atoms with Crippen LogP contribution in [0.5, 0.6) is 0 Å². The molecular weight excluding hydrogens is 363 g/mol. The van der Waals surface area contributed by atoms with Crippen molar-refractivity contribution in [3.05, 3.63) is 19.1 Å². The van der Waals surface area contributed by atoms with E-state index in [9.17, 15) is 21.6 Å². The molecule has 120 valence electrons. The van der Waals surface area contributed by atoms with Crippen LogP contribution in [0.15, 0.2) is 12.2 Å². The fraction of sp³-hybridized carbons (Fsp3) is 0.429. The molecule has 0 aliphatic carbocycles. The SMILES string of the molecule is C=C(C)C(=O)O.O=S(=O)(O)OOS(=O)(=O)O.[CH2-]C1CO1.[K+]. The number of aliphatic carboxylic acids is 1. The predicted molar refractivity (Wildman–Crippen MR) is 62.8 cm³/mol. The number of carboxylic acid groups (broad SMARTS) is 1. The number of hydrogen-bond donors (Lipinski definition) is 3. The molecule has 0 aromatic carbocycles. The summed E-state index contributed by atoms with van der Waals surface area (Å²) in [5, 5.41) is 7.89. The molecule has 0 bridgehead atoms. The molecule has 14 heteroatoms. The molecule has 1 aliphatic rings. The van der Waals surface area contributed by atoms with Gasteiger partial charge >= 0.3 is 78.2 Å². The van der Waals surface area contributed by atoms with E-state index >= 15 is 0 Å². The first-order valence-corrected chi connectivity index (χ1v) is 7.13. The van der Waals surface area contributed by atoms with Gasteiger partial charge in [0.15, 0.2) is 0 Å². The fourth-order valence-electron chi connectivity index (χ4n) is 0.138. The molecule has 0 aromatic rings. The van der Waals surface area contributed by atoms with Crippen LogP contribution in [0.2, 0.25) is 0 Å². The second kappa shape index (κ2) is 12.0. The summed E-state index contributed by atoms with van der Waals surface area (Å²) in [5.74, 6) is -0.935. The molecule has 21 heavy (non-hydrogen) atoms. The van der Waals surface area contributed by atoms with Crippen molar-refractivity contribution in [2.45, 2.75) is 13.0 Å². The zero-order chi connectivity index (χ0) is 16.6. The smallest absolute Gasteiger partial charge is 0.478 e. The van der Waals surface area contributed by atoms with Crippen LogP contribution in [0.1, 0.15) is 6.92 Å². The number of carboxylic acids is 1. The van der Waals surface area contributed by atoms with Crippen LogP contribution >= 0.6 is 0 Å². The van der Waals surface area contributed by atoms with Gasteiger partial charge in [-0.1, -0.05) is 15.2 Å². The van der Waals surface area contributed by atoms with Crippen molar-refractivity contribution >= 4 is 26.8 Å². The van der Waals surface area contributed by atoms with Gasteiger partial charge in [0.05, 0.1) is 0 Å². The van der Waals surface area contributed by atoms with Crippen LogP contribution < -0.4 is 51.4 Å². The minimum atomic E-state index is -5.02. The number of rotatable bonds is 4. The van der Waals surface area contributed by atoms with Gasteiger partial charge in [-0.25, -0.2) is 4.79 Å². The summed E-state index contributed by atoms with van der Waals surface area (Å²) < 4.78 is 63.5. The number of ether oxygens (including phenoxy) is 1. The van der Waals surface area contributed by atoms with Crippen LogP contribution in [0.3, 0.4) is 0 Å². The van der Waals surface area contributed by atoms with Gasteiger partial charge in [0.2, 0.25) is 0 Å². The summed E-state index contributed by atoms with van der Waals surface area (Å²) in [6.45, 7) is 9.00. The Kier molecular flexibility index (Phi) is 15.1. The minimum absolute atomic E-state index is 0. The van der Waals surface area contributed by atoms with Crippen LogP contribution in [0.4, 0.5) is 0 Å². The third-order valence-electron chi connectivity index (χ3n) is 0.967. The van der Waals surface area contributed by atoms with Gasteiger partial charge in [-0.05, 0) is 13.0 Å². The molecule has 1 saturated heterocycles. The Labute approximate surface area is 164 Å². The molecule has 11 nitrogen and oxygen atoms in total. The summed E-state index contributed by atoms with van der Waals surface area (Å²) in [4.78, 5) is 9.60. The molecular formula is C7H13KO11S2. The van der Waals surface area contributed by atoms with E-state index in [1.165, 1.54) is 6.92 Å². The average molecular weight is 376 g/mol. The maximum absolute atomic E-state index is 9.60. The first-order chi connectivity index (χ1) is 8.74. The van der Waals surface area contributed by atoms with E-state index in [2.05, 4.69) is 26.9 Å². The molecule has 3 N–H and O–H groups in total. The molecule has 0 aromatic heterocycles. The van der Waals surface area contributed by atoms with Crippen molar-refractivity contribution in [2.75, 3.05) is 6.61 Å². The molecule has 0 amide bonds. The third-order valence-corrected chi connectivity index (χ3v) is 1.53. The zero-order valence-corrected chi connectivity index (χ0v) is 15.9. The van der Waals surface area contributed by atoms with E-state index in [1.54, 1.807) is 0 Å². The Morgan fingerprint density at radius 1 is 1.24 bits per heavy atom. The van der Waals surface area contributed by atoms with Crippen molar-refractivity contribution in [3.8, 4) is 0 Å². The summed E-state index contributed by atoms with van der Waals surface area (Å²) >= 11 is 0. The number of hydrogen-bond acceptors (Lipinski definition) is 8. The van der Waals surface area contributed by atoms with Crippen LogP contribution in [-0.4, -0.2) is 49.7 Å². The topological polar surface area (TPSA) is 177 Å². The van der Waals surface area contributed by atoms with E-state index in [-0.39, 0.29) is 57.0 Å². The van der Waals surface area contributed by atoms with Gasteiger partial charge in [-0.3, -0.25) is 9.11 Å². The van der Waals surface area contributed by atoms with E-state index < -0.39 is 26.8 Å². The molecule has 0 radical (unpaired) electrons. The molecule has 1 rings (SSSR count). The van der Waals surface area contributed by atoms with Gasteiger partial charge in [0.25, 0.3) is 0 Å². The second-order valence-electron chi connectivity index (χ2n) is 3.03. The van der Waals surface area contributed by atoms with Crippen molar-refractivity contribution in [3.63, 3.8) is 0 Å². The van der Waals surface area contributed by atoms with Gasteiger partial charge in [0, 0.05) is 12.2 Å².